The van der Waals surface area contributed by atoms with E-state index in [-0.39, 0.29) is 33.0 Å². The van der Waals surface area contributed by atoms with E-state index in [9.17, 15) is 9.59 Å². The van der Waals surface area contributed by atoms with Crippen LogP contribution in [-0.2, 0) is 65.1 Å². The van der Waals surface area contributed by atoms with Gasteiger partial charge in [0, 0.05) is 13.8 Å². The number of carbonyl (C=O) groups excluding carboxylic acids is 2. The molecule has 1 unspecified atom stereocenters. The molecule has 3 rings (SSSR count). The minimum atomic E-state index is -1.92. The lowest BCUT2D eigenvalue weighted by molar-refractivity contribution is -0.223. The van der Waals surface area contributed by atoms with Crippen molar-refractivity contribution in [3.8, 4) is 0 Å². The quantitative estimate of drug-likeness (QED) is 0.0659. The molecule has 2 aromatic carbocycles. The zero-order chi connectivity index (χ0) is 37.3. The minimum absolute atomic E-state index is 0.00220. The largest absolute Gasteiger partial charge is 0.453 e. The first-order valence-corrected chi connectivity index (χ1v) is 20.2. The summed E-state index contributed by atoms with van der Waals surface area (Å²) in [6.45, 7) is 19.1. The SMILES string of the molecule is CC(=O)OC1O[C@](COCCOCCOCCO[Si](C(C)C)(C(C)C)C(C)C)(COCc2ccccc2)[C@@H](OCc2ccccc2)[C@H]1OC(C)=O. The summed E-state index contributed by atoms with van der Waals surface area (Å²) in [6.07, 6.45) is -3.20. The van der Waals surface area contributed by atoms with E-state index in [1.165, 1.54) is 13.8 Å². The molecule has 0 spiro atoms. The van der Waals surface area contributed by atoms with Crippen LogP contribution in [0.1, 0.15) is 66.5 Å². The molecule has 1 heterocycles. The first-order valence-electron chi connectivity index (χ1n) is 18.1. The van der Waals surface area contributed by atoms with Crippen molar-refractivity contribution in [2.75, 3.05) is 52.9 Å². The molecule has 4 atom stereocenters. The van der Waals surface area contributed by atoms with Crippen molar-refractivity contribution in [3.05, 3.63) is 71.8 Å². The van der Waals surface area contributed by atoms with Crippen LogP contribution in [0.15, 0.2) is 60.7 Å². The van der Waals surface area contributed by atoms with Gasteiger partial charge in [0.05, 0.1) is 66.1 Å². The number of carbonyl (C=O) groups is 2. The van der Waals surface area contributed by atoms with Crippen molar-refractivity contribution >= 4 is 20.3 Å². The Morgan fingerprint density at radius 2 is 1.12 bits per heavy atom. The molecule has 2 aromatic rings. The fraction of sp³-hybridized carbons (Fsp3) is 0.641. The van der Waals surface area contributed by atoms with Crippen LogP contribution in [0.2, 0.25) is 16.6 Å². The molecule has 1 fully saturated rings. The molecule has 0 radical (unpaired) electrons. The molecule has 1 aliphatic rings. The minimum Gasteiger partial charge on any atom is -0.453 e. The van der Waals surface area contributed by atoms with E-state index in [1.807, 2.05) is 60.7 Å². The maximum atomic E-state index is 12.3. The predicted molar refractivity (Wildman–Crippen MR) is 195 cm³/mol. The van der Waals surface area contributed by atoms with E-state index in [0.717, 1.165) is 11.1 Å². The van der Waals surface area contributed by atoms with Crippen LogP contribution in [0.3, 0.4) is 0 Å². The second kappa shape index (κ2) is 21.7. The molecule has 0 saturated carbocycles. The third-order valence-corrected chi connectivity index (χ3v) is 15.2. The first kappa shape index (κ1) is 42.7. The van der Waals surface area contributed by atoms with Crippen LogP contribution in [0, 0.1) is 0 Å². The van der Waals surface area contributed by atoms with Crippen molar-refractivity contribution < 1.29 is 51.9 Å². The summed E-state index contributed by atoms with van der Waals surface area (Å²) in [5.74, 6) is -1.16. The average molecular weight is 733 g/mol. The Balaban J connectivity index is 1.61. The van der Waals surface area contributed by atoms with E-state index in [1.54, 1.807) is 0 Å². The highest BCUT2D eigenvalue weighted by Crippen LogP contribution is 2.42. The van der Waals surface area contributed by atoms with Crippen molar-refractivity contribution in [3.63, 3.8) is 0 Å². The second-order valence-electron chi connectivity index (χ2n) is 13.9. The maximum Gasteiger partial charge on any atom is 0.305 e. The number of hydrogen-bond acceptors (Lipinski definition) is 11. The van der Waals surface area contributed by atoms with E-state index >= 15 is 0 Å². The molecule has 0 aromatic heterocycles. The van der Waals surface area contributed by atoms with Gasteiger partial charge in [-0.2, -0.15) is 0 Å². The Morgan fingerprint density at radius 3 is 1.63 bits per heavy atom. The molecule has 12 heteroatoms. The van der Waals surface area contributed by atoms with Crippen molar-refractivity contribution in [2.45, 2.75) is 109 Å². The molecule has 1 aliphatic heterocycles. The summed E-state index contributed by atoms with van der Waals surface area (Å²) in [5.41, 5.74) is 2.14. The highest BCUT2D eigenvalue weighted by Gasteiger charge is 2.60. The molecule has 0 N–H and O–H groups in total. The van der Waals surface area contributed by atoms with Gasteiger partial charge in [-0.15, -0.1) is 0 Å². The molecule has 286 valence electrons. The summed E-state index contributed by atoms with van der Waals surface area (Å²) in [6, 6.07) is 19.3. The van der Waals surface area contributed by atoms with Crippen molar-refractivity contribution in [1.29, 1.82) is 0 Å². The lowest BCUT2D eigenvalue weighted by atomic mass is 9.96. The number of hydrogen-bond donors (Lipinski definition) is 0. The molecule has 11 nitrogen and oxygen atoms in total. The molecule has 51 heavy (non-hydrogen) atoms. The predicted octanol–water partition coefficient (Wildman–Crippen LogP) is 6.62. The Morgan fingerprint density at radius 1 is 0.647 bits per heavy atom. The van der Waals surface area contributed by atoms with Crippen molar-refractivity contribution in [2.24, 2.45) is 0 Å². The van der Waals surface area contributed by atoms with Gasteiger partial charge in [-0.25, -0.2) is 0 Å². The average Bonchev–Trinajstić information content (AvgIpc) is 3.34. The summed E-state index contributed by atoms with van der Waals surface area (Å²) in [5, 5.41) is 0. The summed E-state index contributed by atoms with van der Waals surface area (Å²) < 4.78 is 54.5. The maximum absolute atomic E-state index is 12.3. The lowest BCUT2D eigenvalue weighted by Crippen LogP contribution is -2.52. The smallest absolute Gasteiger partial charge is 0.305 e. The zero-order valence-electron chi connectivity index (χ0n) is 31.8. The molecular weight excluding hydrogens is 673 g/mol. The molecule has 0 amide bonds. The summed E-state index contributed by atoms with van der Waals surface area (Å²) in [7, 11) is -1.92. The van der Waals surface area contributed by atoms with E-state index in [0.29, 0.717) is 49.7 Å². The molecule has 0 bridgehead atoms. The Labute approximate surface area is 305 Å². The summed E-state index contributed by atoms with van der Waals surface area (Å²) in [4.78, 5) is 24.4. The topological polar surface area (TPSA) is 117 Å². The Bertz CT molecular complexity index is 1250. The van der Waals surface area contributed by atoms with Gasteiger partial charge in [-0.1, -0.05) is 102 Å². The van der Waals surface area contributed by atoms with Crippen LogP contribution < -0.4 is 0 Å². The van der Waals surface area contributed by atoms with Gasteiger partial charge in [0.25, 0.3) is 0 Å². The molecule has 0 aliphatic carbocycles. The van der Waals surface area contributed by atoms with Crippen LogP contribution in [0.4, 0.5) is 0 Å². The molecule has 1 saturated heterocycles. The standard InChI is InChI=1S/C39H60O11Si/c1-29(2)51(30(3)4,31(5)6)47-24-23-43-20-19-42-21-22-44-27-39(28-45-25-34-15-11-9-12-16-34)37(46-26-35-17-13-10-14-18-35)36(48-32(7)40)38(50-39)49-33(8)41/h9-18,29-31,36-38H,19-28H2,1-8H3/t36-,37+,38?,39-/m1/s1. The third-order valence-electron chi connectivity index (χ3n) is 9.13. The van der Waals surface area contributed by atoms with E-state index in [4.69, 9.17) is 42.3 Å². The summed E-state index contributed by atoms with van der Waals surface area (Å²) >= 11 is 0. The van der Waals surface area contributed by atoms with Crippen LogP contribution >= 0.6 is 0 Å². The number of rotatable bonds is 24. The van der Waals surface area contributed by atoms with E-state index < -0.39 is 44.4 Å². The second-order valence-corrected chi connectivity index (χ2v) is 19.3. The first-order chi connectivity index (χ1) is 24.4. The van der Waals surface area contributed by atoms with Gasteiger partial charge in [0.2, 0.25) is 6.29 Å². The van der Waals surface area contributed by atoms with Crippen LogP contribution in [0.25, 0.3) is 0 Å². The fourth-order valence-corrected chi connectivity index (χ4v) is 12.5. The number of ether oxygens (including phenoxy) is 8. The highest BCUT2D eigenvalue weighted by molar-refractivity contribution is 6.77. The van der Waals surface area contributed by atoms with Gasteiger partial charge in [-0.3, -0.25) is 9.59 Å². The highest BCUT2D eigenvalue weighted by atomic mass is 28.4. The van der Waals surface area contributed by atoms with Gasteiger partial charge in [0.1, 0.15) is 11.7 Å². The zero-order valence-corrected chi connectivity index (χ0v) is 32.8. The van der Waals surface area contributed by atoms with Crippen LogP contribution in [0.5, 0.6) is 0 Å². The van der Waals surface area contributed by atoms with Gasteiger partial charge >= 0.3 is 11.9 Å². The normalized spacial score (nSPS) is 20.7. The third kappa shape index (κ3) is 13.0. The Hall–Kier alpha value is -2.68. The van der Waals surface area contributed by atoms with Crippen molar-refractivity contribution in [1.82, 2.24) is 0 Å². The lowest BCUT2D eigenvalue weighted by Gasteiger charge is -2.42. The monoisotopic (exact) mass is 732 g/mol. The van der Waals surface area contributed by atoms with Crippen LogP contribution in [-0.4, -0.2) is 97.2 Å². The Kier molecular flexibility index (Phi) is 18.2. The van der Waals surface area contributed by atoms with E-state index in [2.05, 4.69) is 41.5 Å². The molecular formula is C39H60O11Si. The van der Waals surface area contributed by atoms with Gasteiger partial charge in [-0.05, 0) is 27.8 Å². The fourth-order valence-electron chi connectivity index (χ4n) is 7.03. The van der Waals surface area contributed by atoms with Gasteiger partial charge < -0.3 is 42.3 Å². The van der Waals surface area contributed by atoms with Gasteiger partial charge in [0.15, 0.2) is 14.4 Å². The number of benzene rings is 2. The number of esters is 2.